The zero-order valence-electron chi connectivity index (χ0n) is 9.48. The summed E-state index contributed by atoms with van der Waals surface area (Å²) in [7, 11) is 0. The minimum absolute atomic E-state index is 0.0232. The summed E-state index contributed by atoms with van der Waals surface area (Å²) < 4.78 is 0. The van der Waals surface area contributed by atoms with Crippen LogP contribution in [0, 0.1) is 29.1 Å². The molecule has 1 N–H and O–H groups in total. The van der Waals surface area contributed by atoms with Gasteiger partial charge in [0, 0.05) is 6.42 Å². The molecule has 1 rings (SSSR count). The Kier molecular flexibility index (Phi) is 4.48. The molecule has 0 aromatic heterocycles. The zero-order valence-corrected chi connectivity index (χ0v) is 9.48. The van der Waals surface area contributed by atoms with Crippen molar-refractivity contribution in [3.05, 3.63) is 0 Å². The van der Waals surface area contributed by atoms with Crippen LogP contribution in [-0.2, 0) is 9.59 Å². The first-order chi connectivity index (χ1) is 7.54. The summed E-state index contributed by atoms with van der Waals surface area (Å²) in [4.78, 5) is 22.0. The first kappa shape index (κ1) is 12.7. The number of carboxylic acid groups (broad SMARTS) is 1. The van der Waals surface area contributed by atoms with Gasteiger partial charge in [-0.05, 0) is 31.1 Å². The van der Waals surface area contributed by atoms with Crippen LogP contribution in [0.3, 0.4) is 0 Å². The van der Waals surface area contributed by atoms with Crippen LogP contribution in [0.1, 0.15) is 39.0 Å². The minimum atomic E-state index is -0.724. The Hall–Kier alpha value is -1.37. The molecule has 1 unspecified atom stereocenters. The van der Waals surface area contributed by atoms with Gasteiger partial charge in [0.1, 0.15) is 5.78 Å². The van der Waals surface area contributed by atoms with Crippen molar-refractivity contribution in [2.75, 3.05) is 0 Å². The second-order valence-corrected chi connectivity index (χ2v) is 4.67. The smallest absolute Gasteiger partial charge is 0.306 e. The van der Waals surface area contributed by atoms with Gasteiger partial charge in [0.25, 0.3) is 0 Å². The molecule has 16 heavy (non-hydrogen) atoms. The molecule has 0 radical (unpaired) electrons. The molecule has 0 bridgehead atoms. The van der Waals surface area contributed by atoms with Crippen molar-refractivity contribution in [2.45, 2.75) is 39.0 Å². The molecule has 0 aromatic carbocycles. The first-order valence-electron chi connectivity index (χ1n) is 5.66. The number of rotatable bonds is 5. The summed E-state index contributed by atoms with van der Waals surface area (Å²) >= 11 is 0. The molecule has 1 aliphatic carbocycles. The van der Waals surface area contributed by atoms with Crippen molar-refractivity contribution in [3.8, 4) is 6.07 Å². The van der Waals surface area contributed by atoms with Gasteiger partial charge in [0.15, 0.2) is 0 Å². The lowest BCUT2D eigenvalue weighted by Crippen LogP contribution is -2.15. The molecule has 1 saturated carbocycles. The number of nitriles is 1. The van der Waals surface area contributed by atoms with Gasteiger partial charge in [-0.15, -0.1) is 0 Å². The van der Waals surface area contributed by atoms with Gasteiger partial charge < -0.3 is 5.11 Å². The van der Waals surface area contributed by atoms with E-state index in [0.29, 0.717) is 18.8 Å². The number of Topliss-reactive ketones (excluding diaryl/α,β-unsaturated/α-hetero) is 1. The Morgan fingerprint density at radius 1 is 1.44 bits per heavy atom. The number of ketones is 1. The Balaban J connectivity index is 2.34. The lowest BCUT2D eigenvalue weighted by Gasteiger charge is -2.07. The highest BCUT2D eigenvalue weighted by Crippen LogP contribution is 2.38. The number of carbonyl (C=O) groups excluding carboxylic acids is 1. The van der Waals surface area contributed by atoms with Gasteiger partial charge in [-0.2, -0.15) is 5.26 Å². The number of hydrogen-bond donors (Lipinski definition) is 1. The van der Waals surface area contributed by atoms with E-state index in [1.54, 1.807) is 0 Å². The number of carbonyl (C=O) groups is 2. The quantitative estimate of drug-likeness (QED) is 0.773. The average Bonchev–Trinajstić information content (AvgIpc) is 2.57. The molecule has 0 aliphatic heterocycles. The van der Waals surface area contributed by atoms with Crippen molar-refractivity contribution < 1.29 is 14.7 Å². The van der Waals surface area contributed by atoms with Crippen LogP contribution in [0.4, 0.5) is 0 Å². The van der Waals surface area contributed by atoms with E-state index < -0.39 is 5.97 Å². The van der Waals surface area contributed by atoms with Crippen molar-refractivity contribution in [2.24, 2.45) is 17.8 Å². The molecular formula is C12H17NO3. The summed E-state index contributed by atoms with van der Waals surface area (Å²) in [6.45, 7) is 1.95. The van der Waals surface area contributed by atoms with Crippen LogP contribution in [0.5, 0.6) is 0 Å². The Labute approximate surface area is 95.3 Å². The maximum atomic E-state index is 11.2. The fourth-order valence-electron chi connectivity index (χ4n) is 2.50. The van der Waals surface area contributed by atoms with E-state index in [-0.39, 0.29) is 24.0 Å². The average molecular weight is 223 g/mol. The van der Waals surface area contributed by atoms with E-state index in [0.717, 1.165) is 12.8 Å². The van der Waals surface area contributed by atoms with Gasteiger partial charge >= 0.3 is 5.97 Å². The summed E-state index contributed by atoms with van der Waals surface area (Å²) in [6, 6.07) is 1.83. The predicted octanol–water partition coefficient (Wildman–Crippen LogP) is 2.00. The van der Waals surface area contributed by atoms with E-state index in [2.05, 4.69) is 0 Å². The standard InChI is InChI=1S/C12H17NO3/c1-8-6-9(7-11(8)12(15)16)2-3-10(14)4-5-13/h8-9,11H,2-4,6-7H2,1H3,(H,15,16)/t8-,9?,11-/m1/s1. The van der Waals surface area contributed by atoms with Crippen molar-refractivity contribution in [3.63, 3.8) is 0 Å². The van der Waals surface area contributed by atoms with Gasteiger partial charge in [-0.25, -0.2) is 0 Å². The van der Waals surface area contributed by atoms with Gasteiger partial charge in [0.2, 0.25) is 0 Å². The lowest BCUT2D eigenvalue weighted by atomic mass is 9.98. The summed E-state index contributed by atoms with van der Waals surface area (Å²) in [6.07, 6.45) is 2.68. The molecule has 4 nitrogen and oxygen atoms in total. The zero-order chi connectivity index (χ0) is 12.1. The van der Waals surface area contributed by atoms with E-state index in [1.165, 1.54) is 0 Å². The highest BCUT2D eigenvalue weighted by Gasteiger charge is 2.35. The topological polar surface area (TPSA) is 78.2 Å². The second kappa shape index (κ2) is 5.64. The van der Waals surface area contributed by atoms with E-state index >= 15 is 0 Å². The third-order valence-corrected chi connectivity index (χ3v) is 3.40. The van der Waals surface area contributed by atoms with E-state index in [1.807, 2.05) is 13.0 Å². The molecule has 0 amide bonds. The highest BCUT2D eigenvalue weighted by atomic mass is 16.4. The Morgan fingerprint density at radius 2 is 2.12 bits per heavy atom. The largest absolute Gasteiger partial charge is 0.481 e. The van der Waals surface area contributed by atoms with Crippen LogP contribution in [0.15, 0.2) is 0 Å². The van der Waals surface area contributed by atoms with Crippen molar-refractivity contribution >= 4 is 11.8 Å². The monoisotopic (exact) mass is 223 g/mol. The second-order valence-electron chi connectivity index (χ2n) is 4.67. The summed E-state index contributed by atoms with van der Waals surface area (Å²) in [5, 5.41) is 17.3. The molecule has 0 heterocycles. The van der Waals surface area contributed by atoms with Crippen LogP contribution in [0.2, 0.25) is 0 Å². The maximum Gasteiger partial charge on any atom is 0.306 e. The molecule has 0 aromatic rings. The summed E-state index contributed by atoms with van der Waals surface area (Å²) in [5.74, 6) is -0.476. The number of nitrogens with zero attached hydrogens (tertiary/aromatic N) is 1. The van der Waals surface area contributed by atoms with E-state index in [4.69, 9.17) is 10.4 Å². The van der Waals surface area contributed by atoms with Crippen molar-refractivity contribution in [1.29, 1.82) is 5.26 Å². The normalized spacial score (nSPS) is 28.6. The van der Waals surface area contributed by atoms with Crippen molar-refractivity contribution in [1.82, 2.24) is 0 Å². The van der Waals surface area contributed by atoms with Crippen LogP contribution in [-0.4, -0.2) is 16.9 Å². The summed E-state index contributed by atoms with van der Waals surface area (Å²) in [5.41, 5.74) is 0. The third kappa shape index (κ3) is 3.34. The van der Waals surface area contributed by atoms with E-state index in [9.17, 15) is 9.59 Å². The van der Waals surface area contributed by atoms with Crippen LogP contribution >= 0.6 is 0 Å². The maximum absolute atomic E-state index is 11.2. The Bertz CT molecular complexity index is 319. The third-order valence-electron chi connectivity index (χ3n) is 3.40. The predicted molar refractivity (Wildman–Crippen MR) is 57.5 cm³/mol. The molecule has 0 spiro atoms. The first-order valence-corrected chi connectivity index (χ1v) is 5.66. The molecule has 1 aliphatic rings. The highest BCUT2D eigenvalue weighted by molar-refractivity contribution is 5.80. The van der Waals surface area contributed by atoms with Crippen LogP contribution in [0.25, 0.3) is 0 Å². The fourth-order valence-corrected chi connectivity index (χ4v) is 2.50. The van der Waals surface area contributed by atoms with Gasteiger partial charge in [-0.3, -0.25) is 9.59 Å². The fraction of sp³-hybridized carbons (Fsp3) is 0.750. The number of hydrogen-bond acceptors (Lipinski definition) is 3. The molecule has 3 atom stereocenters. The van der Waals surface area contributed by atoms with Gasteiger partial charge in [-0.1, -0.05) is 6.92 Å². The molecule has 4 heteroatoms. The number of aliphatic carboxylic acids is 1. The molecule has 1 fully saturated rings. The molecular weight excluding hydrogens is 206 g/mol. The minimum Gasteiger partial charge on any atom is -0.481 e. The number of carboxylic acids is 1. The SMILES string of the molecule is C[C@@H]1CC(CCC(=O)CC#N)C[C@H]1C(=O)O. The van der Waals surface area contributed by atoms with Crippen LogP contribution < -0.4 is 0 Å². The lowest BCUT2D eigenvalue weighted by molar-refractivity contribution is -0.142. The molecule has 0 saturated heterocycles. The Morgan fingerprint density at radius 3 is 2.62 bits per heavy atom. The molecule has 88 valence electrons. The van der Waals surface area contributed by atoms with Gasteiger partial charge in [0.05, 0.1) is 18.4 Å².